The predicted octanol–water partition coefficient (Wildman–Crippen LogP) is 0.366. The second-order valence-corrected chi connectivity index (χ2v) is 5.03. The molecule has 1 saturated heterocycles. The zero-order chi connectivity index (χ0) is 14.7. The van der Waals surface area contributed by atoms with Gasteiger partial charge in [-0.05, 0) is 20.8 Å². The molecule has 0 unspecified atom stereocenters. The monoisotopic (exact) mass is 279 g/mol. The number of aryl methyl sites for hydroxylation is 2. The summed E-state index contributed by atoms with van der Waals surface area (Å²) in [6, 6.07) is 0. The van der Waals surface area contributed by atoms with Crippen LogP contribution >= 0.6 is 0 Å². The van der Waals surface area contributed by atoms with Crippen molar-refractivity contribution in [2.75, 3.05) is 32.7 Å². The van der Waals surface area contributed by atoms with E-state index in [-0.39, 0.29) is 18.4 Å². The summed E-state index contributed by atoms with van der Waals surface area (Å²) in [5, 5.41) is 5.86. The minimum Gasteiger partial charge on any atom is -0.466 e. The van der Waals surface area contributed by atoms with Crippen LogP contribution in [0.1, 0.15) is 27.4 Å². The lowest BCUT2D eigenvalue weighted by Gasteiger charge is -2.27. The van der Waals surface area contributed by atoms with Crippen LogP contribution in [0.5, 0.6) is 0 Å². The van der Waals surface area contributed by atoms with Gasteiger partial charge in [-0.2, -0.15) is 0 Å². The Bertz CT molecular complexity index is 516. The highest BCUT2D eigenvalue weighted by Gasteiger charge is 2.21. The Morgan fingerprint density at radius 2 is 1.85 bits per heavy atom. The minimum absolute atomic E-state index is 0.0297. The number of piperazine rings is 1. The van der Waals surface area contributed by atoms with Crippen molar-refractivity contribution in [2.24, 2.45) is 0 Å². The number of nitrogens with zero attached hydrogens (tertiary/aromatic N) is 1. The van der Waals surface area contributed by atoms with Gasteiger partial charge >= 0.3 is 0 Å². The van der Waals surface area contributed by atoms with Crippen molar-refractivity contribution < 1.29 is 14.0 Å². The molecule has 20 heavy (non-hydrogen) atoms. The smallest absolute Gasteiger partial charge is 0.255 e. The summed E-state index contributed by atoms with van der Waals surface area (Å²) in [6.07, 6.45) is 0. The number of carbonyl (C=O) groups is 2. The van der Waals surface area contributed by atoms with Crippen LogP contribution in [0.15, 0.2) is 4.42 Å². The number of hydrogen-bond donors (Lipinski definition) is 2. The zero-order valence-corrected chi connectivity index (χ0v) is 12.2. The van der Waals surface area contributed by atoms with Crippen LogP contribution in [0.2, 0.25) is 0 Å². The zero-order valence-electron chi connectivity index (χ0n) is 12.2. The SMILES string of the molecule is Cc1oc(C)c(C(=O)NCC(=O)N2CCNCC2)c1C. The van der Waals surface area contributed by atoms with E-state index in [1.165, 1.54) is 0 Å². The van der Waals surface area contributed by atoms with Gasteiger partial charge < -0.3 is 20.0 Å². The molecule has 0 atom stereocenters. The fraction of sp³-hybridized carbons (Fsp3) is 0.571. The van der Waals surface area contributed by atoms with Crippen molar-refractivity contribution in [3.63, 3.8) is 0 Å². The summed E-state index contributed by atoms with van der Waals surface area (Å²) in [4.78, 5) is 25.9. The lowest BCUT2D eigenvalue weighted by molar-refractivity contribution is -0.130. The highest BCUT2D eigenvalue weighted by atomic mass is 16.3. The molecule has 0 bridgehead atoms. The second-order valence-electron chi connectivity index (χ2n) is 5.03. The first kappa shape index (κ1) is 14.6. The lowest BCUT2D eigenvalue weighted by atomic mass is 10.1. The predicted molar refractivity (Wildman–Crippen MR) is 74.7 cm³/mol. The second kappa shape index (κ2) is 6.09. The molecule has 0 radical (unpaired) electrons. The molecule has 2 amide bonds. The van der Waals surface area contributed by atoms with Crippen molar-refractivity contribution in [3.8, 4) is 0 Å². The first-order valence-electron chi connectivity index (χ1n) is 6.84. The van der Waals surface area contributed by atoms with E-state index < -0.39 is 0 Å². The molecule has 1 aliphatic rings. The highest BCUT2D eigenvalue weighted by molar-refractivity contribution is 5.98. The Hall–Kier alpha value is -1.82. The lowest BCUT2D eigenvalue weighted by Crippen LogP contribution is -2.49. The van der Waals surface area contributed by atoms with Gasteiger partial charge in [0.2, 0.25) is 5.91 Å². The average molecular weight is 279 g/mol. The summed E-state index contributed by atoms with van der Waals surface area (Å²) >= 11 is 0. The molecule has 1 fully saturated rings. The van der Waals surface area contributed by atoms with Gasteiger partial charge in [0.25, 0.3) is 5.91 Å². The van der Waals surface area contributed by atoms with E-state index in [0.717, 1.165) is 24.4 Å². The Labute approximate surface area is 118 Å². The molecular weight excluding hydrogens is 258 g/mol. The van der Waals surface area contributed by atoms with Gasteiger partial charge in [0, 0.05) is 31.7 Å². The van der Waals surface area contributed by atoms with E-state index >= 15 is 0 Å². The van der Waals surface area contributed by atoms with Gasteiger partial charge in [-0.25, -0.2) is 0 Å². The number of carbonyl (C=O) groups excluding carboxylic acids is 2. The molecule has 2 rings (SSSR count). The Morgan fingerprint density at radius 3 is 2.40 bits per heavy atom. The number of hydrogen-bond acceptors (Lipinski definition) is 4. The fourth-order valence-electron chi connectivity index (χ4n) is 2.40. The van der Waals surface area contributed by atoms with Gasteiger partial charge in [0.1, 0.15) is 11.5 Å². The van der Waals surface area contributed by atoms with E-state index in [0.29, 0.717) is 24.4 Å². The molecular formula is C14H21N3O3. The standard InChI is InChI=1S/C14H21N3O3/c1-9-10(2)20-11(3)13(9)14(19)16-8-12(18)17-6-4-15-5-7-17/h15H,4-8H2,1-3H3,(H,16,19). The van der Waals surface area contributed by atoms with Gasteiger partial charge in [-0.3, -0.25) is 9.59 Å². The van der Waals surface area contributed by atoms with Crippen LogP contribution in [-0.2, 0) is 4.79 Å². The molecule has 6 nitrogen and oxygen atoms in total. The fourth-order valence-corrected chi connectivity index (χ4v) is 2.40. The topological polar surface area (TPSA) is 74.6 Å². The third-order valence-corrected chi connectivity index (χ3v) is 3.66. The Kier molecular flexibility index (Phi) is 4.44. The molecule has 0 aromatic carbocycles. The molecule has 0 aliphatic carbocycles. The van der Waals surface area contributed by atoms with Crippen LogP contribution in [0.4, 0.5) is 0 Å². The van der Waals surface area contributed by atoms with Crippen molar-refractivity contribution in [1.82, 2.24) is 15.5 Å². The van der Waals surface area contributed by atoms with Crippen molar-refractivity contribution >= 4 is 11.8 Å². The summed E-state index contributed by atoms with van der Waals surface area (Å²) in [5.74, 6) is 1.03. The Balaban J connectivity index is 1.93. The molecule has 110 valence electrons. The van der Waals surface area contributed by atoms with Gasteiger partial charge in [-0.1, -0.05) is 0 Å². The first-order chi connectivity index (χ1) is 9.50. The summed E-state index contributed by atoms with van der Waals surface area (Å²) in [7, 11) is 0. The normalized spacial score (nSPS) is 15.2. The van der Waals surface area contributed by atoms with Gasteiger partial charge in [0.05, 0.1) is 12.1 Å². The van der Waals surface area contributed by atoms with E-state index in [1.54, 1.807) is 11.8 Å². The molecule has 0 saturated carbocycles. The molecule has 0 spiro atoms. The summed E-state index contributed by atoms with van der Waals surface area (Å²) < 4.78 is 5.43. The minimum atomic E-state index is -0.250. The van der Waals surface area contributed by atoms with Crippen LogP contribution in [0, 0.1) is 20.8 Å². The molecule has 1 aromatic heterocycles. The highest BCUT2D eigenvalue weighted by Crippen LogP contribution is 2.20. The molecule has 2 N–H and O–H groups in total. The number of amides is 2. The third-order valence-electron chi connectivity index (χ3n) is 3.66. The number of furan rings is 1. The quantitative estimate of drug-likeness (QED) is 0.838. The van der Waals surface area contributed by atoms with Crippen molar-refractivity contribution in [3.05, 3.63) is 22.6 Å². The summed E-state index contributed by atoms with van der Waals surface area (Å²) in [5.41, 5.74) is 1.37. The van der Waals surface area contributed by atoms with Crippen molar-refractivity contribution in [1.29, 1.82) is 0 Å². The van der Waals surface area contributed by atoms with Crippen LogP contribution in [-0.4, -0.2) is 49.4 Å². The average Bonchev–Trinajstić information content (AvgIpc) is 2.70. The van der Waals surface area contributed by atoms with E-state index in [2.05, 4.69) is 10.6 Å². The van der Waals surface area contributed by atoms with E-state index in [1.807, 2.05) is 13.8 Å². The van der Waals surface area contributed by atoms with Crippen molar-refractivity contribution in [2.45, 2.75) is 20.8 Å². The van der Waals surface area contributed by atoms with Crippen LogP contribution < -0.4 is 10.6 Å². The number of rotatable bonds is 3. The molecule has 1 aliphatic heterocycles. The maximum absolute atomic E-state index is 12.1. The maximum Gasteiger partial charge on any atom is 0.255 e. The van der Waals surface area contributed by atoms with Crippen LogP contribution in [0.3, 0.4) is 0 Å². The summed E-state index contributed by atoms with van der Waals surface area (Å²) in [6.45, 7) is 8.45. The van der Waals surface area contributed by atoms with E-state index in [4.69, 9.17) is 4.42 Å². The molecule has 6 heteroatoms. The Morgan fingerprint density at radius 1 is 1.20 bits per heavy atom. The number of nitrogens with one attached hydrogen (secondary N) is 2. The van der Waals surface area contributed by atoms with Crippen LogP contribution in [0.25, 0.3) is 0 Å². The largest absolute Gasteiger partial charge is 0.466 e. The third kappa shape index (κ3) is 3.01. The molecule has 1 aromatic rings. The first-order valence-corrected chi connectivity index (χ1v) is 6.84. The molecule has 2 heterocycles. The maximum atomic E-state index is 12.1. The van der Waals surface area contributed by atoms with Gasteiger partial charge in [0.15, 0.2) is 0 Å². The van der Waals surface area contributed by atoms with E-state index in [9.17, 15) is 9.59 Å². The van der Waals surface area contributed by atoms with Gasteiger partial charge in [-0.15, -0.1) is 0 Å².